The number of nitrogens with one attached hydrogen (secondary N) is 1. The lowest BCUT2D eigenvalue weighted by atomic mass is 9.98. The zero-order valence-electron chi connectivity index (χ0n) is 17.2. The molecule has 8 heteroatoms. The van der Waals surface area contributed by atoms with Gasteiger partial charge in [0.1, 0.15) is 18.2 Å². The van der Waals surface area contributed by atoms with E-state index in [1.807, 2.05) is 48.5 Å². The van der Waals surface area contributed by atoms with Crippen LogP contribution in [-0.4, -0.2) is 25.6 Å². The topological polar surface area (TPSA) is 47.6 Å². The zero-order valence-corrected chi connectivity index (χ0v) is 17.2. The van der Waals surface area contributed by atoms with Gasteiger partial charge in [-0.15, -0.1) is 13.2 Å². The van der Waals surface area contributed by atoms with Gasteiger partial charge in [0.15, 0.2) is 0 Å². The van der Waals surface area contributed by atoms with Gasteiger partial charge in [0.25, 0.3) is 0 Å². The highest BCUT2D eigenvalue weighted by Crippen LogP contribution is 2.44. The monoisotopic (exact) mass is 457 g/mol. The summed E-state index contributed by atoms with van der Waals surface area (Å²) in [4.78, 5) is 12.1. The summed E-state index contributed by atoms with van der Waals surface area (Å²) in [7, 11) is 0. The molecule has 4 nitrogen and oxygen atoms in total. The van der Waals surface area contributed by atoms with E-state index in [0.29, 0.717) is 0 Å². The van der Waals surface area contributed by atoms with E-state index >= 15 is 0 Å². The van der Waals surface area contributed by atoms with Crippen LogP contribution in [0.3, 0.4) is 0 Å². The Labute approximate surface area is 187 Å². The Morgan fingerprint density at radius 3 is 2.24 bits per heavy atom. The first kappa shape index (κ1) is 22.4. The molecule has 1 amide bonds. The second-order valence-corrected chi connectivity index (χ2v) is 7.34. The van der Waals surface area contributed by atoms with Gasteiger partial charge < -0.3 is 14.8 Å². The van der Waals surface area contributed by atoms with Crippen LogP contribution in [-0.2, 0) is 4.74 Å². The maximum Gasteiger partial charge on any atom is 0.573 e. The highest BCUT2D eigenvalue weighted by atomic mass is 19.4. The van der Waals surface area contributed by atoms with Crippen LogP contribution in [0.1, 0.15) is 22.6 Å². The van der Waals surface area contributed by atoms with Gasteiger partial charge in [0, 0.05) is 18.0 Å². The van der Waals surface area contributed by atoms with Crippen LogP contribution in [0, 0.1) is 5.82 Å². The Morgan fingerprint density at radius 2 is 1.61 bits per heavy atom. The van der Waals surface area contributed by atoms with E-state index in [-0.39, 0.29) is 24.6 Å². The molecule has 0 saturated heterocycles. The first-order valence-electron chi connectivity index (χ1n) is 10.1. The van der Waals surface area contributed by atoms with E-state index in [1.54, 1.807) is 0 Å². The molecule has 0 aliphatic heterocycles. The van der Waals surface area contributed by atoms with Crippen molar-refractivity contribution in [1.29, 1.82) is 0 Å². The van der Waals surface area contributed by atoms with E-state index in [2.05, 4.69) is 10.1 Å². The summed E-state index contributed by atoms with van der Waals surface area (Å²) in [6, 6.07) is 18.6. The molecule has 0 radical (unpaired) electrons. The number of halogens is 4. The molecule has 1 aliphatic carbocycles. The van der Waals surface area contributed by atoms with E-state index in [1.165, 1.54) is 12.2 Å². The lowest BCUT2D eigenvalue weighted by Gasteiger charge is -2.14. The normalized spacial score (nSPS) is 13.0. The van der Waals surface area contributed by atoms with Gasteiger partial charge in [0.2, 0.25) is 0 Å². The van der Waals surface area contributed by atoms with E-state index in [9.17, 15) is 22.4 Å². The van der Waals surface area contributed by atoms with Crippen molar-refractivity contribution in [1.82, 2.24) is 5.32 Å². The summed E-state index contributed by atoms with van der Waals surface area (Å²) in [5.41, 5.74) is 4.30. The molecule has 0 aromatic heterocycles. The number of benzene rings is 3. The van der Waals surface area contributed by atoms with Crippen molar-refractivity contribution in [2.45, 2.75) is 12.3 Å². The third-order valence-corrected chi connectivity index (χ3v) is 5.21. The van der Waals surface area contributed by atoms with Crippen LogP contribution in [0.5, 0.6) is 5.75 Å². The number of alkyl halides is 3. The van der Waals surface area contributed by atoms with Crippen LogP contribution < -0.4 is 10.1 Å². The number of fused-ring (bicyclic) bond motifs is 3. The van der Waals surface area contributed by atoms with Crippen molar-refractivity contribution < 1.29 is 31.8 Å². The van der Waals surface area contributed by atoms with Gasteiger partial charge in [-0.05, 0) is 40.5 Å². The standard InChI is InChI=1S/C25H19F4NO3/c26-23-12-11-17(33-25(27,28)29)14-16(23)6-5-13-30-24(31)32-15-22-20-9-3-1-7-18(20)19-8-2-4-10-21(19)22/h1-12,14,22H,13,15H2,(H,30,31). The molecule has 0 saturated carbocycles. The average molecular weight is 457 g/mol. The van der Waals surface area contributed by atoms with Gasteiger partial charge in [-0.3, -0.25) is 0 Å². The molecule has 3 aromatic rings. The van der Waals surface area contributed by atoms with Crippen molar-refractivity contribution in [3.63, 3.8) is 0 Å². The van der Waals surface area contributed by atoms with Gasteiger partial charge >= 0.3 is 12.5 Å². The molecular formula is C25H19F4NO3. The van der Waals surface area contributed by atoms with Gasteiger partial charge in [-0.25, -0.2) is 9.18 Å². The Balaban J connectivity index is 1.32. The number of rotatable bonds is 6. The number of carbonyl (C=O) groups excluding carboxylic acids is 1. The predicted octanol–water partition coefficient (Wildman–Crippen LogP) is 6.28. The van der Waals surface area contributed by atoms with Crippen molar-refractivity contribution in [2.24, 2.45) is 0 Å². The minimum absolute atomic E-state index is 0.000466. The second kappa shape index (κ2) is 9.36. The third-order valence-electron chi connectivity index (χ3n) is 5.21. The molecule has 1 N–H and O–H groups in total. The Bertz CT molecular complexity index is 1140. The van der Waals surface area contributed by atoms with E-state index in [4.69, 9.17) is 4.74 Å². The number of carbonyl (C=O) groups is 1. The van der Waals surface area contributed by atoms with Crippen LogP contribution >= 0.6 is 0 Å². The van der Waals surface area contributed by atoms with Crippen LogP contribution in [0.2, 0.25) is 0 Å². The minimum atomic E-state index is -4.87. The predicted molar refractivity (Wildman–Crippen MR) is 115 cm³/mol. The molecule has 3 aromatic carbocycles. The number of alkyl carbamates (subject to hydrolysis) is 1. The first-order chi connectivity index (χ1) is 15.8. The molecule has 0 bridgehead atoms. The summed E-state index contributed by atoms with van der Waals surface area (Å²) < 4.78 is 60.0. The number of amides is 1. The van der Waals surface area contributed by atoms with Crippen molar-refractivity contribution >= 4 is 12.2 Å². The smallest absolute Gasteiger partial charge is 0.449 e. The Hall–Kier alpha value is -3.81. The molecule has 1 aliphatic rings. The van der Waals surface area contributed by atoms with Crippen molar-refractivity contribution in [3.8, 4) is 16.9 Å². The highest BCUT2D eigenvalue weighted by molar-refractivity contribution is 5.79. The molecule has 0 spiro atoms. The lowest BCUT2D eigenvalue weighted by molar-refractivity contribution is -0.274. The minimum Gasteiger partial charge on any atom is -0.449 e. The SMILES string of the molecule is O=C(NCC=Cc1cc(OC(F)(F)F)ccc1F)OCC1c2ccccc2-c2ccccc21. The largest absolute Gasteiger partial charge is 0.573 e. The quantitative estimate of drug-likeness (QED) is 0.444. The fourth-order valence-electron chi connectivity index (χ4n) is 3.82. The van der Waals surface area contributed by atoms with Crippen LogP contribution in [0.15, 0.2) is 72.8 Å². The molecule has 33 heavy (non-hydrogen) atoms. The molecule has 0 atom stereocenters. The maximum atomic E-state index is 13.8. The average Bonchev–Trinajstić information content (AvgIpc) is 3.10. The number of ether oxygens (including phenoxy) is 2. The highest BCUT2D eigenvalue weighted by Gasteiger charge is 2.31. The summed E-state index contributed by atoms with van der Waals surface area (Å²) >= 11 is 0. The second-order valence-electron chi connectivity index (χ2n) is 7.34. The van der Waals surface area contributed by atoms with E-state index in [0.717, 1.165) is 40.5 Å². The van der Waals surface area contributed by atoms with Gasteiger partial charge in [0.05, 0.1) is 0 Å². The summed E-state index contributed by atoms with van der Waals surface area (Å²) in [5, 5.41) is 2.52. The Morgan fingerprint density at radius 1 is 0.970 bits per heavy atom. The zero-order chi connectivity index (χ0) is 23.4. The number of hydrogen-bond donors (Lipinski definition) is 1. The fourth-order valence-corrected chi connectivity index (χ4v) is 3.82. The fraction of sp³-hybridized carbons (Fsp3) is 0.160. The lowest BCUT2D eigenvalue weighted by Crippen LogP contribution is -2.26. The third kappa shape index (κ3) is 5.34. The molecule has 4 rings (SSSR count). The first-order valence-corrected chi connectivity index (χ1v) is 10.1. The summed E-state index contributed by atoms with van der Waals surface area (Å²) in [6.45, 7) is 0.148. The van der Waals surface area contributed by atoms with Crippen molar-refractivity contribution in [3.05, 3.63) is 95.3 Å². The molecule has 0 fully saturated rings. The maximum absolute atomic E-state index is 13.8. The molecule has 0 unspecified atom stereocenters. The number of hydrogen-bond acceptors (Lipinski definition) is 3. The summed E-state index contributed by atoms with van der Waals surface area (Å²) in [6.07, 6.45) is -2.87. The van der Waals surface area contributed by atoms with Crippen LogP contribution in [0.4, 0.5) is 22.4 Å². The summed E-state index contributed by atoms with van der Waals surface area (Å²) in [5.74, 6) is -1.33. The van der Waals surface area contributed by atoms with Crippen molar-refractivity contribution in [2.75, 3.05) is 13.2 Å². The molecule has 0 heterocycles. The van der Waals surface area contributed by atoms with Gasteiger partial charge in [-0.1, -0.05) is 60.7 Å². The van der Waals surface area contributed by atoms with Gasteiger partial charge in [-0.2, -0.15) is 0 Å². The van der Waals surface area contributed by atoms with Crippen LogP contribution in [0.25, 0.3) is 17.2 Å². The molecular weight excluding hydrogens is 438 g/mol. The molecule has 170 valence electrons. The van der Waals surface area contributed by atoms with E-state index < -0.39 is 24.0 Å². The Kier molecular flexibility index (Phi) is 6.35.